The van der Waals surface area contributed by atoms with Crippen LogP contribution in [0.15, 0.2) is 54.4 Å². The first-order valence-electron chi connectivity index (χ1n) is 13.1. The summed E-state index contributed by atoms with van der Waals surface area (Å²) in [7, 11) is 0. The molecule has 3 N–H and O–H groups in total. The fourth-order valence-corrected chi connectivity index (χ4v) is 6.50. The molecule has 1 atom stereocenters. The van der Waals surface area contributed by atoms with Gasteiger partial charge < -0.3 is 10.3 Å². The normalized spacial score (nSPS) is 18.1. The Morgan fingerprint density at radius 3 is 2.76 bits per heavy atom. The zero-order chi connectivity index (χ0) is 25.5. The summed E-state index contributed by atoms with van der Waals surface area (Å²) in [5.41, 5.74) is 7.02. The molecule has 7 rings (SSSR count). The number of hydrogen-bond acceptors (Lipinski definition) is 7. The van der Waals surface area contributed by atoms with Gasteiger partial charge in [-0.2, -0.15) is 9.49 Å². The summed E-state index contributed by atoms with van der Waals surface area (Å²) in [5.74, 6) is 1.45. The van der Waals surface area contributed by atoms with Crippen LogP contribution < -0.4 is 5.32 Å². The van der Waals surface area contributed by atoms with Gasteiger partial charge in [0.2, 0.25) is 0 Å². The summed E-state index contributed by atoms with van der Waals surface area (Å²) >= 11 is 1.21. The molecule has 0 amide bonds. The van der Waals surface area contributed by atoms with E-state index in [1.807, 2.05) is 18.6 Å². The molecule has 1 aliphatic carbocycles. The van der Waals surface area contributed by atoms with E-state index in [9.17, 15) is 4.39 Å². The van der Waals surface area contributed by atoms with Crippen molar-refractivity contribution in [2.75, 3.05) is 6.54 Å². The Bertz CT molecular complexity index is 1650. The van der Waals surface area contributed by atoms with Gasteiger partial charge in [-0.05, 0) is 55.5 Å². The van der Waals surface area contributed by atoms with Gasteiger partial charge in [0, 0.05) is 53.3 Å². The Labute approximate surface area is 223 Å². The number of allylic oxidation sites excluding steroid dienone is 1. The van der Waals surface area contributed by atoms with Crippen LogP contribution >= 0.6 is 11.8 Å². The van der Waals surface area contributed by atoms with Gasteiger partial charge >= 0.3 is 0 Å². The predicted octanol–water partition coefficient (Wildman–Crippen LogP) is 6.23. The van der Waals surface area contributed by atoms with Gasteiger partial charge in [0.15, 0.2) is 16.6 Å². The molecule has 0 radical (unpaired) electrons. The number of thioether (sulfide) groups is 1. The number of rotatable bonds is 7. The van der Waals surface area contributed by atoms with Crippen molar-refractivity contribution in [2.24, 2.45) is 5.92 Å². The second-order valence-electron chi connectivity index (χ2n) is 10.1. The minimum Gasteiger partial charge on any atom is -0.335 e. The maximum atomic E-state index is 13.7. The maximum Gasteiger partial charge on any atom is 0.181 e. The first-order chi connectivity index (χ1) is 18.7. The number of imidazole rings is 1. The number of nitrogens with zero attached hydrogens (tertiary/aromatic N) is 5. The Hall–Kier alpha value is -3.63. The quantitative estimate of drug-likeness (QED) is 0.231. The van der Waals surface area contributed by atoms with E-state index in [0.717, 1.165) is 63.4 Å². The topological polar surface area (TPSA) is 108 Å². The van der Waals surface area contributed by atoms with Crippen molar-refractivity contribution in [3.63, 3.8) is 0 Å². The average Bonchev–Trinajstić information content (AvgIpc) is 3.74. The third-order valence-corrected chi connectivity index (χ3v) is 8.65. The summed E-state index contributed by atoms with van der Waals surface area (Å²) in [6.45, 7) is 1.87. The number of pyridine rings is 3. The van der Waals surface area contributed by atoms with Crippen LogP contribution in [-0.2, 0) is 6.54 Å². The molecular weight excluding hydrogens is 499 g/mol. The van der Waals surface area contributed by atoms with Crippen molar-refractivity contribution in [3.05, 3.63) is 65.5 Å². The predicted molar refractivity (Wildman–Crippen MR) is 148 cm³/mol. The molecule has 1 unspecified atom stereocenters. The number of H-pyrrole nitrogens is 2. The molecule has 0 saturated heterocycles. The standard InChI is InChI=1S/C28H27FN8S/c29-24-6-5-23(38-24)21-14-32-15-22-25(21)35-28(34-22)26-20-8-19(13-33-27(20)37-36-26)18-7-17(11-31-12-18)10-30-9-16-3-1-2-4-16/h6-8,11-16,23,30H,1-5,9-10H2,(H,34,35)(H,33,36,37). The highest BCUT2D eigenvalue weighted by Gasteiger charge is 2.24. The number of nitrogens with one attached hydrogen (secondary N) is 3. The van der Waals surface area contributed by atoms with Crippen LogP contribution in [-0.4, -0.2) is 41.7 Å². The third-order valence-electron chi connectivity index (χ3n) is 7.53. The molecule has 38 heavy (non-hydrogen) atoms. The van der Waals surface area contributed by atoms with E-state index in [-0.39, 0.29) is 10.4 Å². The summed E-state index contributed by atoms with van der Waals surface area (Å²) in [6, 6.07) is 4.25. The summed E-state index contributed by atoms with van der Waals surface area (Å²) < 4.78 is 13.7. The van der Waals surface area contributed by atoms with E-state index in [2.05, 4.69) is 47.6 Å². The molecule has 10 heteroatoms. The number of aromatic nitrogens is 7. The summed E-state index contributed by atoms with van der Waals surface area (Å²) in [5, 5.41) is 11.8. The van der Waals surface area contributed by atoms with Gasteiger partial charge in [0.05, 0.1) is 22.6 Å². The Morgan fingerprint density at radius 2 is 1.89 bits per heavy atom. The van der Waals surface area contributed by atoms with E-state index >= 15 is 0 Å². The monoisotopic (exact) mass is 526 g/mol. The summed E-state index contributed by atoms with van der Waals surface area (Å²) in [6.07, 6.45) is 16.8. The van der Waals surface area contributed by atoms with Gasteiger partial charge in [-0.25, -0.2) is 9.97 Å². The molecule has 0 bridgehead atoms. The van der Waals surface area contributed by atoms with Gasteiger partial charge in [-0.15, -0.1) is 0 Å². The molecule has 192 valence electrons. The van der Waals surface area contributed by atoms with Crippen LogP contribution in [0.4, 0.5) is 4.39 Å². The van der Waals surface area contributed by atoms with Crippen LogP contribution in [0.25, 0.3) is 44.7 Å². The molecule has 8 nitrogen and oxygen atoms in total. The van der Waals surface area contributed by atoms with Crippen LogP contribution in [0.1, 0.15) is 48.5 Å². The van der Waals surface area contributed by atoms with Crippen molar-refractivity contribution in [1.82, 2.24) is 40.4 Å². The lowest BCUT2D eigenvalue weighted by atomic mass is 10.1. The van der Waals surface area contributed by atoms with Gasteiger partial charge in [0.25, 0.3) is 0 Å². The van der Waals surface area contributed by atoms with Crippen LogP contribution in [0, 0.1) is 5.92 Å². The minimum atomic E-state index is -0.149. The second kappa shape index (κ2) is 9.92. The van der Waals surface area contributed by atoms with Crippen LogP contribution in [0.5, 0.6) is 0 Å². The fraction of sp³-hybridized carbons (Fsp3) is 0.321. The van der Waals surface area contributed by atoms with E-state index in [4.69, 9.17) is 4.98 Å². The first kappa shape index (κ1) is 23.5. The highest BCUT2D eigenvalue weighted by Crippen LogP contribution is 2.45. The lowest BCUT2D eigenvalue weighted by Gasteiger charge is -2.11. The zero-order valence-electron chi connectivity index (χ0n) is 20.7. The average molecular weight is 527 g/mol. The third kappa shape index (κ3) is 4.48. The van der Waals surface area contributed by atoms with Crippen molar-refractivity contribution < 1.29 is 4.39 Å². The smallest absolute Gasteiger partial charge is 0.181 e. The highest BCUT2D eigenvalue weighted by molar-refractivity contribution is 8.03. The van der Waals surface area contributed by atoms with E-state index < -0.39 is 0 Å². The van der Waals surface area contributed by atoms with Crippen molar-refractivity contribution in [1.29, 1.82) is 0 Å². The van der Waals surface area contributed by atoms with Gasteiger partial charge in [0.1, 0.15) is 5.69 Å². The largest absolute Gasteiger partial charge is 0.335 e. The molecule has 5 aromatic rings. The minimum absolute atomic E-state index is 0.0263. The van der Waals surface area contributed by atoms with Crippen LogP contribution in [0.3, 0.4) is 0 Å². The fourth-order valence-electron chi connectivity index (χ4n) is 5.55. The summed E-state index contributed by atoms with van der Waals surface area (Å²) in [4.78, 5) is 21.7. The zero-order valence-corrected chi connectivity index (χ0v) is 21.6. The van der Waals surface area contributed by atoms with E-state index in [1.165, 1.54) is 37.4 Å². The van der Waals surface area contributed by atoms with E-state index in [0.29, 0.717) is 17.9 Å². The molecule has 2 aliphatic rings. The number of halogens is 1. The number of hydrogen-bond donors (Lipinski definition) is 3. The second-order valence-corrected chi connectivity index (χ2v) is 11.3. The molecule has 0 aromatic carbocycles. The Balaban J connectivity index is 1.18. The van der Waals surface area contributed by atoms with Crippen LogP contribution in [0.2, 0.25) is 0 Å². The molecule has 1 aliphatic heterocycles. The first-order valence-corrected chi connectivity index (χ1v) is 13.9. The molecular formula is C28H27FN8S. The molecule has 1 saturated carbocycles. The van der Waals surface area contributed by atoms with Crippen molar-refractivity contribution in [2.45, 2.75) is 43.9 Å². The SMILES string of the molecule is FC1=CCC(c2cncc3[nH]c(-c4[nH]nc5ncc(-c6cncc(CNCC7CCCC7)c6)cc45)nc23)S1. The molecule has 5 aromatic heterocycles. The van der Waals surface area contributed by atoms with Crippen molar-refractivity contribution >= 4 is 33.8 Å². The molecule has 0 spiro atoms. The van der Waals surface area contributed by atoms with Gasteiger partial charge in [-0.3, -0.25) is 15.1 Å². The Morgan fingerprint density at radius 1 is 1.03 bits per heavy atom. The number of fused-ring (bicyclic) bond motifs is 2. The van der Waals surface area contributed by atoms with Crippen molar-refractivity contribution in [3.8, 4) is 22.6 Å². The lowest BCUT2D eigenvalue weighted by molar-refractivity contribution is 0.489. The Kier molecular flexibility index (Phi) is 6.13. The maximum absolute atomic E-state index is 13.7. The molecule has 1 fully saturated rings. The van der Waals surface area contributed by atoms with Gasteiger partial charge in [-0.1, -0.05) is 24.6 Å². The molecule has 6 heterocycles. The number of aromatic amines is 2. The van der Waals surface area contributed by atoms with E-state index in [1.54, 1.807) is 18.5 Å². The highest BCUT2D eigenvalue weighted by atomic mass is 32.2. The lowest BCUT2D eigenvalue weighted by Crippen LogP contribution is -2.20.